The van der Waals surface area contributed by atoms with Crippen molar-refractivity contribution >= 4 is 11.7 Å². The summed E-state index contributed by atoms with van der Waals surface area (Å²) in [5, 5.41) is 0. The van der Waals surface area contributed by atoms with Gasteiger partial charge in [-0.25, -0.2) is 4.98 Å². The number of hydrogen-bond donors (Lipinski definition) is 0. The minimum atomic E-state index is 0.135. The molecule has 2 aromatic rings. The minimum absolute atomic E-state index is 0.135. The largest absolute Gasteiger partial charge is 0.298 e. The van der Waals surface area contributed by atoms with Crippen LogP contribution in [0.5, 0.6) is 0 Å². The molecule has 0 unspecified atom stereocenters. The number of hydrogen-bond acceptors (Lipinski definition) is 4. The molecule has 148 valence electrons. The molecule has 2 aliphatic rings. The molecule has 5 heteroatoms. The Bertz CT molecular complexity index is 806. The summed E-state index contributed by atoms with van der Waals surface area (Å²) in [7, 11) is 4.01. The van der Waals surface area contributed by atoms with E-state index >= 15 is 0 Å². The highest BCUT2D eigenvalue weighted by Gasteiger charge is 2.29. The smallest absolute Gasteiger partial charge is 0.231 e. The van der Waals surface area contributed by atoms with Crippen molar-refractivity contribution in [2.24, 2.45) is 5.92 Å². The zero-order chi connectivity index (χ0) is 19.5. The maximum Gasteiger partial charge on any atom is 0.231 e. The van der Waals surface area contributed by atoms with Crippen LogP contribution in [0.15, 0.2) is 36.7 Å². The molecular weight excluding hydrogens is 348 g/mol. The van der Waals surface area contributed by atoms with Crippen molar-refractivity contribution in [3.8, 4) is 0 Å². The van der Waals surface area contributed by atoms with Gasteiger partial charge in [-0.3, -0.25) is 19.6 Å². The quantitative estimate of drug-likeness (QED) is 0.797. The Morgan fingerprint density at radius 1 is 1.00 bits per heavy atom. The summed E-state index contributed by atoms with van der Waals surface area (Å²) in [6.07, 6.45) is 11.1. The summed E-state index contributed by atoms with van der Waals surface area (Å²) in [6.45, 7) is 0.699. The third-order valence-corrected chi connectivity index (χ3v) is 6.41. The van der Waals surface area contributed by atoms with Crippen LogP contribution < -0.4 is 4.90 Å². The van der Waals surface area contributed by atoms with Crippen LogP contribution in [0.1, 0.15) is 48.9 Å². The monoisotopic (exact) mass is 378 g/mol. The average molecular weight is 379 g/mol. The molecule has 1 saturated carbocycles. The molecule has 1 amide bonds. The van der Waals surface area contributed by atoms with Crippen LogP contribution in [-0.2, 0) is 24.2 Å². The van der Waals surface area contributed by atoms with Crippen molar-refractivity contribution in [2.75, 3.05) is 19.0 Å². The van der Waals surface area contributed by atoms with Crippen LogP contribution >= 0.6 is 0 Å². The standard InChI is InChI=1S/C23H30N4O/c1-26(20-14-18-10-6-7-11-19(18)15-20)16-21-22(25-13-12-24-21)27(2)23(28)17-8-4-3-5-9-17/h6-7,10-13,17,20H,3-5,8-9,14-16H2,1-2H3. The molecule has 2 aliphatic carbocycles. The molecule has 0 N–H and O–H groups in total. The maximum atomic E-state index is 13.0. The molecule has 4 rings (SSSR count). The molecule has 0 aliphatic heterocycles. The van der Waals surface area contributed by atoms with Gasteiger partial charge >= 0.3 is 0 Å². The van der Waals surface area contributed by atoms with Gasteiger partial charge in [-0.1, -0.05) is 43.5 Å². The summed E-state index contributed by atoms with van der Waals surface area (Å²) < 4.78 is 0. The first-order chi connectivity index (χ1) is 13.6. The van der Waals surface area contributed by atoms with Crippen molar-refractivity contribution in [1.82, 2.24) is 14.9 Å². The Kier molecular flexibility index (Phi) is 5.72. The molecule has 0 atom stereocenters. The van der Waals surface area contributed by atoms with Gasteiger partial charge in [0.1, 0.15) is 0 Å². The Balaban J connectivity index is 1.46. The van der Waals surface area contributed by atoms with E-state index in [-0.39, 0.29) is 11.8 Å². The SMILES string of the molecule is CN(C(=O)C1CCCCC1)c1nccnc1CN(C)C1Cc2ccccc2C1. The van der Waals surface area contributed by atoms with Crippen LogP contribution in [-0.4, -0.2) is 40.9 Å². The van der Waals surface area contributed by atoms with Gasteiger partial charge in [0.15, 0.2) is 5.82 Å². The normalized spacial score (nSPS) is 17.7. The van der Waals surface area contributed by atoms with Gasteiger partial charge in [0.2, 0.25) is 5.91 Å². The predicted molar refractivity (Wildman–Crippen MR) is 111 cm³/mol. The summed E-state index contributed by atoms with van der Waals surface area (Å²) in [4.78, 5) is 26.2. The lowest BCUT2D eigenvalue weighted by atomic mass is 9.88. The van der Waals surface area contributed by atoms with Crippen molar-refractivity contribution < 1.29 is 4.79 Å². The highest BCUT2D eigenvalue weighted by Crippen LogP contribution is 2.29. The predicted octanol–water partition coefficient (Wildman–Crippen LogP) is 3.62. The topological polar surface area (TPSA) is 49.3 Å². The number of amides is 1. The van der Waals surface area contributed by atoms with Gasteiger partial charge in [-0.2, -0.15) is 0 Å². The van der Waals surface area contributed by atoms with E-state index in [0.717, 1.165) is 44.2 Å². The van der Waals surface area contributed by atoms with Crippen molar-refractivity contribution in [3.63, 3.8) is 0 Å². The van der Waals surface area contributed by atoms with Crippen LogP contribution in [0.3, 0.4) is 0 Å². The van der Waals surface area contributed by atoms with Gasteiger partial charge < -0.3 is 0 Å². The zero-order valence-corrected chi connectivity index (χ0v) is 17.0. The lowest BCUT2D eigenvalue weighted by Crippen LogP contribution is -2.37. The summed E-state index contributed by atoms with van der Waals surface area (Å²) in [6, 6.07) is 9.16. The van der Waals surface area contributed by atoms with E-state index in [1.165, 1.54) is 17.5 Å². The maximum absolute atomic E-state index is 13.0. The summed E-state index contributed by atoms with van der Waals surface area (Å²) in [5.74, 6) is 1.04. The second-order valence-electron chi connectivity index (χ2n) is 8.30. The van der Waals surface area contributed by atoms with Crippen LogP contribution in [0, 0.1) is 5.92 Å². The third kappa shape index (κ3) is 3.95. The highest BCUT2D eigenvalue weighted by atomic mass is 16.2. The number of carbonyl (C=O) groups excluding carboxylic acids is 1. The number of benzene rings is 1. The number of rotatable bonds is 5. The number of carbonyl (C=O) groups is 1. The van der Waals surface area contributed by atoms with Crippen molar-refractivity contribution in [2.45, 2.75) is 57.5 Å². The molecule has 28 heavy (non-hydrogen) atoms. The summed E-state index contributed by atoms with van der Waals surface area (Å²) in [5.41, 5.74) is 3.78. The molecule has 1 aromatic carbocycles. The Labute approximate surface area is 167 Å². The number of likely N-dealkylation sites (N-methyl/N-ethyl adjacent to an activating group) is 1. The first-order valence-corrected chi connectivity index (χ1v) is 10.5. The number of nitrogens with zero attached hydrogens (tertiary/aromatic N) is 4. The summed E-state index contributed by atoms with van der Waals surface area (Å²) >= 11 is 0. The fourth-order valence-electron chi connectivity index (χ4n) is 4.69. The minimum Gasteiger partial charge on any atom is -0.298 e. The first kappa shape index (κ1) is 19.1. The van der Waals surface area contributed by atoms with Crippen LogP contribution in [0.4, 0.5) is 5.82 Å². The van der Waals surface area contributed by atoms with E-state index in [1.807, 2.05) is 7.05 Å². The number of aromatic nitrogens is 2. The van der Waals surface area contributed by atoms with Crippen molar-refractivity contribution in [1.29, 1.82) is 0 Å². The van der Waals surface area contributed by atoms with Gasteiger partial charge in [0.05, 0.1) is 5.69 Å². The molecule has 1 heterocycles. The van der Waals surface area contributed by atoms with E-state index < -0.39 is 0 Å². The molecule has 1 fully saturated rings. The lowest BCUT2D eigenvalue weighted by molar-refractivity contribution is -0.123. The van der Waals surface area contributed by atoms with Crippen LogP contribution in [0.2, 0.25) is 0 Å². The molecular formula is C23H30N4O. The second kappa shape index (κ2) is 8.39. The fraction of sp³-hybridized carbons (Fsp3) is 0.522. The molecule has 0 bridgehead atoms. The van der Waals surface area contributed by atoms with E-state index in [4.69, 9.17) is 0 Å². The fourth-order valence-corrected chi connectivity index (χ4v) is 4.69. The first-order valence-electron chi connectivity index (χ1n) is 10.5. The van der Waals surface area contributed by atoms with E-state index in [2.05, 4.69) is 46.2 Å². The molecule has 5 nitrogen and oxygen atoms in total. The molecule has 0 radical (unpaired) electrons. The lowest BCUT2D eigenvalue weighted by Gasteiger charge is -2.28. The zero-order valence-electron chi connectivity index (χ0n) is 17.0. The molecule has 0 saturated heterocycles. The molecule has 1 aromatic heterocycles. The van der Waals surface area contributed by atoms with Crippen LogP contribution in [0.25, 0.3) is 0 Å². The number of anilines is 1. The van der Waals surface area contributed by atoms with Gasteiger partial charge in [0.25, 0.3) is 0 Å². The van der Waals surface area contributed by atoms with Crippen molar-refractivity contribution in [3.05, 3.63) is 53.5 Å². The Morgan fingerprint density at radius 3 is 2.32 bits per heavy atom. The van der Waals surface area contributed by atoms with Gasteiger partial charge in [-0.05, 0) is 43.9 Å². The van der Waals surface area contributed by atoms with E-state index in [1.54, 1.807) is 17.3 Å². The Morgan fingerprint density at radius 2 is 1.64 bits per heavy atom. The highest BCUT2D eigenvalue weighted by molar-refractivity contribution is 5.94. The average Bonchev–Trinajstić information content (AvgIpc) is 3.18. The molecule has 0 spiro atoms. The third-order valence-electron chi connectivity index (χ3n) is 6.41. The van der Waals surface area contributed by atoms with E-state index in [9.17, 15) is 4.79 Å². The Hall–Kier alpha value is -2.27. The second-order valence-corrected chi connectivity index (χ2v) is 8.30. The number of fused-ring (bicyclic) bond motifs is 1. The van der Waals surface area contributed by atoms with E-state index in [0.29, 0.717) is 18.4 Å². The van der Waals surface area contributed by atoms with Gasteiger partial charge in [-0.15, -0.1) is 0 Å². The van der Waals surface area contributed by atoms with Gasteiger partial charge in [0, 0.05) is 37.9 Å².